The molecule has 0 saturated heterocycles. The number of aromatic nitrogens is 2. The molecule has 1 aromatic heterocycles. The van der Waals surface area contributed by atoms with Crippen molar-refractivity contribution >= 4 is 11.6 Å². The first kappa shape index (κ1) is 20.4. The van der Waals surface area contributed by atoms with E-state index in [1.165, 1.54) is 0 Å². The summed E-state index contributed by atoms with van der Waals surface area (Å²) >= 11 is 6.02. The maximum Gasteiger partial charge on any atom is 0.146 e. The van der Waals surface area contributed by atoms with E-state index in [4.69, 9.17) is 16.3 Å². The Hall–Kier alpha value is -2.30. The first-order valence-corrected chi connectivity index (χ1v) is 9.80. The molecule has 0 radical (unpaired) electrons. The van der Waals surface area contributed by atoms with Crippen LogP contribution in [0.1, 0.15) is 26.3 Å². The van der Waals surface area contributed by atoms with Crippen LogP contribution in [0.4, 0.5) is 0 Å². The van der Waals surface area contributed by atoms with E-state index in [0.717, 1.165) is 5.56 Å². The molecular formula is C23H27ClN2O2. The number of hydrogen-bond donors (Lipinski definition) is 1. The number of halogens is 1. The van der Waals surface area contributed by atoms with Crippen molar-refractivity contribution in [3.63, 3.8) is 0 Å². The number of hydrogen-bond acceptors (Lipinski definition) is 3. The molecule has 0 fully saturated rings. The Labute approximate surface area is 171 Å². The molecule has 28 heavy (non-hydrogen) atoms. The molecule has 2 unspecified atom stereocenters. The fourth-order valence-electron chi connectivity index (χ4n) is 3.32. The Bertz CT molecular complexity index is 858. The average molecular weight is 399 g/mol. The summed E-state index contributed by atoms with van der Waals surface area (Å²) in [6, 6.07) is 17.3. The van der Waals surface area contributed by atoms with Crippen molar-refractivity contribution in [3.05, 3.63) is 83.9 Å². The van der Waals surface area contributed by atoms with Gasteiger partial charge in [0.05, 0.1) is 12.9 Å². The molecule has 2 atom stereocenters. The van der Waals surface area contributed by atoms with Gasteiger partial charge in [0.2, 0.25) is 0 Å². The Morgan fingerprint density at radius 1 is 1.07 bits per heavy atom. The topological polar surface area (TPSA) is 47.3 Å². The van der Waals surface area contributed by atoms with Gasteiger partial charge >= 0.3 is 0 Å². The van der Waals surface area contributed by atoms with Gasteiger partial charge in [-0.2, -0.15) is 0 Å². The van der Waals surface area contributed by atoms with Gasteiger partial charge in [-0.05, 0) is 35.2 Å². The van der Waals surface area contributed by atoms with Gasteiger partial charge in [-0.15, -0.1) is 0 Å². The molecule has 0 aliphatic heterocycles. The van der Waals surface area contributed by atoms with Gasteiger partial charge in [0.25, 0.3) is 0 Å². The van der Waals surface area contributed by atoms with Gasteiger partial charge in [0.15, 0.2) is 0 Å². The Balaban J connectivity index is 1.98. The van der Waals surface area contributed by atoms with E-state index in [-0.39, 0.29) is 0 Å². The molecule has 5 heteroatoms. The number of benzene rings is 2. The highest BCUT2D eigenvalue weighted by Crippen LogP contribution is 2.39. The van der Waals surface area contributed by atoms with Crippen molar-refractivity contribution < 1.29 is 9.84 Å². The van der Waals surface area contributed by atoms with Crippen LogP contribution in [0.15, 0.2) is 73.3 Å². The monoisotopic (exact) mass is 398 g/mol. The van der Waals surface area contributed by atoms with Crippen molar-refractivity contribution in [1.29, 1.82) is 0 Å². The van der Waals surface area contributed by atoms with Gasteiger partial charge in [-0.3, -0.25) is 0 Å². The van der Waals surface area contributed by atoms with Crippen LogP contribution in [0.3, 0.4) is 0 Å². The minimum Gasteiger partial charge on any atom is -0.486 e. The number of nitrogens with zero attached hydrogens (tertiary/aromatic N) is 2. The summed E-state index contributed by atoms with van der Waals surface area (Å²) in [5, 5.41) is 12.6. The Kier molecular flexibility index (Phi) is 6.11. The second-order valence-electron chi connectivity index (χ2n) is 8.16. The molecule has 1 heterocycles. The van der Waals surface area contributed by atoms with Crippen molar-refractivity contribution in [2.75, 3.05) is 0 Å². The molecule has 0 bridgehead atoms. The van der Waals surface area contributed by atoms with Crippen LogP contribution in [0.2, 0.25) is 5.02 Å². The highest BCUT2D eigenvalue weighted by molar-refractivity contribution is 6.30. The zero-order valence-electron chi connectivity index (χ0n) is 16.5. The first-order chi connectivity index (χ1) is 13.3. The Morgan fingerprint density at radius 3 is 2.32 bits per heavy atom. The maximum atomic E-state index is 12.0. The molecule has 148 valence electrons. The maximum absolute atomic E-state index is 12.0. The lowest BCUT2D eigenvalue weighted by atomic mass is 9.69. The number of rotatable bonds is 7. The number of imidazole rings is 1. The average Bonchev–Trinajstić information content (AvgIpc) is 3.16. The molecule has 2 aromatic carbocycles. The Morgan fingerprint density at radius 2 is 1.75 bits per heavy atom. The highest BCUT2D eigenvalue weighted by atomic mass is 35.5. The molecule has 1 N–H and O–H groups in total. The minimum atomic E-state index is -1.13. The summed E-state index contributed by atoms with van der Waals surface area (Å²) in [5.41, 5.74) is -0.492. The zero-order valence-corrected chi connectivity index (χ0v) is 17.3. The van der Waals surface area contributed by atoms with Crippen molar-refractivity contribution in [3.8, 4) is 5.75 Å². The van der Waals surface area contributed by atoms with Crippen molar-refractivity contribution in [1.82, 2.24) is 9.55 Å². The molecule has 0 aliphatic rings. The van der Waals surface area contributed by atoms with Gasteiger partial charge in [0, 0.05) is 23.8 Å². The lowest BCUT2D eigenvalue weighted by Crippen LogP contribution is -2.58. The molecule has 0 spiro atoms. The number of ether oxygens (including phenoxy) is 1. The van der Waals surface area contributed by atoms with Crippen LogP contribution in [0.5, 0.6) is 5.75 Å². The minimum absolute atomic E-state index is 0.430. The molecular weight excluding hydrogens is 372 g/mol. The van der Waals surface area contributed by atoms with Gasteiger partial charge < -0.3 is 14.4 Å². The summed E-state index contributed by atoms with van der Waals surface area (Å²) in [6.45, 7) is 6.61. The third-order valence-electron chi connectivity index (χ3n) is 5.18. The van der Waals surface area contributed by atoms with Crippen molar-refractivity contribution in [2.24, 2.45) is 5.41 Å². The van der Waals surface area contributed by atoms with E-state index < -0.39 is 17.1 Å². The van der Waals surface area contributed by atoms with Crippen LogP contribution in [0.25, 0.3) is 0 Å². The summed E-state index contributed by atoms with van der Waals surface area (Å²) in [7, 11) is 0. The van der Waals surface area contributed by atoms with Crippen LogP contribution >= 0.6 is 11.6 Å². The summed E-state index contributed by atoms with van der Waals surface area (Å²) in [6.07, 6.45) is 5.33. The summed E-state index contributed by atoms with van der Waals surface area (Å²) in [5.74, 6) is 0.672. The van der Waals surface area contributed by atoms with E-state index >= 15 is 0 Å². The van der Waals surface area contributed by atoms with Crippen LogP contribution in [-0.4, -0.2) is 26.4 Å². The lowest BCUT2D eigenvalue weighted by molar-refractivity contribution is -0.136. The second-order valence-corrected chi connectivity index (χ2v) is 8.59. The first-order valence-electron chi connectivity index (χ1n) is 9.42. The standard InChI is InChI=1S/C23H27ClN2O2/c1-22(2,3)23(27,15-18-7-5-4-6-8-18)21(16-26-14-13-25-17-26)28-20-11-9-19(24)10-12-20/h4-14,17,21,27H,15-16H2,1-3H3. The molecule has 3 rings (SSSR count). The molecule has 3 aromatic rings. The largest absolute Gasteiger partial charge is 0.486 e. The van der Waals surface area contributed by atoms with Crippen molar-refractivity contribution in [2.45, 2.75) is 45.4 Å². The molecule has 0 amide bonds. The third-order valence-corrected chi connectivity index (χ3v) is 5.43. The van der Waals surface area contributed by atoms with E-state index in [1.54, 1.807) is 24.7 Å². The smallest absolute Gasteiger partial charge is 0.146 e. The third kappa shape index (κ3) is 4.75. The highest BCUT2D eigenvalue weighted by Gasteiger charge is 2.48. The van der Waals surface area contributed by atoms with Gasteiger partial charge in [-0.25, -0.2) is 4.98 Å². The SMILES string of the molecule is CC(C)(C)C(O)(Cc1ccccc1)C(Cn1ccnc1)Oc1ccc(Cl)cc1. The molecule has 0 aliphatic carbocycles. The number of aliphatic hydroxyl groups is 1. The summed E-state index contributed by atoms with van der Waals surface area (Å²) in [4.78, 5) is 4.13. The fraction of sp³-hybridized carbons (Fsp3) is 0.348. The fourth-order valence-corrected chi connectivity index (χ4v) is 3.44. The van der Waals surface area contributed by atoms with E-state index in [9.17, 15) is 5.11 Å². The van der Waals surface area contributed by atoms with E-state index in [2.05, 4.69) is 4.98 Å². The summed E-state index contributed by atoms with van der Waals surface area (Å²) < 4.78 is 8.28. The second kappa shape index (κ2) is 8.38. The molecule has 4 nitrogen and oxygen atoms in total. The predicted octanol–water partition coefficient (Wildman–Crippen LogP) is 5.00. The molecule has 0 saturated carbocycles. The lowest BCUT2D eigenvalue weighted by Gasteiger charge is -2.46. The van der Waals surface area contributed by atoms with E-state index in [1.807, 2.05) is 74.0 Å². The predicted molar refractivity (Wildman–Crippen MR) is 113 cm³/mol. The normalized spacial score (nSPS) is 15.0. The van der Waals surface area contributed by atoms with Crippen LogP contribution in [-0.2, 0) is 13.0 Å². The van der Waals surface area contributed by atoms with Crippen LogP contribution < -0.4 is 4.74 Å². The van der Waals surface area contributed by atoms with Gasteiger partial charge in [0.1, 0.15) is 17.5 Å². The zero-order chi connectivity index (χ0) is 20.2. The van der Waals surface area contributed by atoms with E-state index in [0.29, 0.717) is 23.7 Å². The van der Waals surface area contributed by atoms with Crippen LogP contribution in [0, 0.1) is 5.41 Å². The van der Waals surface area contributed by atoms with Gasteiger partial charge in [-0.1, -0.05) is 62.7 Å². The quantitative estimate of drug-likeness (QED) is 0.608.